The molecule has 0 spiro atoms. The largest absolute Gasteiger partial charge is 0.397 e. The number of amides is 1. The molecule has 0 fully saturated rings. The third-order valence-corrected chi connectivity index (χ3v) is 3.62. The fourth-order valence-electron chi connectivity index (χ4n) is 2.28. The predicted octanol–water partition coefficient (Wildman–Crippen LogP) is 3.47. The summed E-state index contributed by atoms with van der Waals surface area (Å²) in [6.45, 7) is 1.99. The maximum atomic E-state index is 11.4. The van der Waals surface area contributed by atoms with Gasteiger partial charge in [-0.25, -0.2) is 0 Å². The van der Waals surface area contributed by atoms with E-state index < -0.39 is 0 Å². The first kappa shape index (κ1) is 12.8. The molecule has 3 rings (SSSR count). The van der Waals surface area contributed by atoms with E-state index in [0.717, 1.165) is 28.2 Å². The van der Waals surface area contributed by atoms with Gasteiger partial charge in [-0.15, -0.1) is 0 Å². The van der Waals surface area contributed by atoms with Gasteiger partial charge >= 0.3 is 0 Å². The van der Waals surface area contributed by atoms with Gasteiger partial charge in [-0.1, -0.05) is 17.7 Å². The first-order chi connectivity index (χ1) is 9.52. The van der Waals surface area contributed by atoms with Crippen LogP contribution >= 0.6 is 11.6 Å². The monoisotopic (exact) mass is 287 g/mol. The third kappa shape index (κ3) is 2.30. The first-order valence-corrected chi connectivity index (χ1v) is 6.66. The normalized spacial score (nSPS) is 13.0. The Morgan fingerprint density at radius 2 is 2.05 bits per heavy atom. The molecule has 2 aromatic carbocycles. The molecule has 0 unspecified atom stereocenters. The molecule has 0 aromatic heterocycles. The van der Waals surface area contributed by atoms with Crippen molar-refractivity contribution in [2.75, 3.05) is 16.4 Å². The van der Waals surface area contributed by atoms with Crippen LogP contribution in [0.4, 0.5) is 22.7 Å². The summed E-state index contributed by atoms with van der Waals surface area (Å²) in [4.78, 5) is 11.4. The number of hydrogen-bond acceptors (Lipinski definition) is 3. The minimum atomic E-state index is -0.00913. The topological polar surface area (TPSA) is 67.1 Å². The highest BCUT2D eigenvalue weighted by Crippen LogP contribution is 2.35. The molecule has 20 heavy (non-hydrogen) atoms. The van der Waals surface area contributed by atoms with Crippen molar-refractivity contribution in [3.05, 3.63) is 46.5 Å². The molecule has 0 atom stereocenters. The summed E-state index contributed by atoms with van der Waals surface area (Å²) in [6.07, 6.45) is 0.380. The van der Waals surface area contributed by atoms with Crippen molar-refractivity contribution in [2.45, 2.75) is 13.3 Å². The first-order valence-electron chi connectivity index (χ1n) is 6.28. The number of aryl methyl sites for hydroxylation is 1. The third-order valence-electron chi connectivity index (χ3n) is 3.29. The van der Waals surface area contributed by atoms with E-state index in [0.29, 0.717) is 17.1 Å². The Kier molecular flexibility index (Phi) is 3.03. The van der Waals surface area contributed by atoms with Crippen LogP contribution in [0.2, 0.25) is 5.02 Å². The fourth-order valence-corrected chi connectivity index (χ4v) is 2.45. The van der Waals surface area contributed by atoms with Crippen LogP contribution in [0.3, 0.4) is 0 Å². The smallest absolute Gasteiger partial charge is 0.228 e. The molecule has 1 aliphatic rings. The predicted molar refractivity (Wildman–Crippen MR) is 82.7 cm³/mol. The molecule has 0 bridgehead atoms. The van der Waals surface area contributed by atoms with Crippen molar-refractivity contribution in [2.24, 2.45) is 0 Å². The van der Waals surface area contributed by atoms with Gasteiger partial charge in [0, 0.05) is 5.69 Å². The number of nitrogen functional groups attached to an aromatic ring is 1. The second-order valence-corrected chi connectivity index (χ2v) is 5.34. The molecule has 1 heterocycles. The molecule has 5 heteroatoms. The zero-order chi connectivity index (χ0) is 14.3. The average Bonchev–Trinajstić information content (AvgIpc) is 2.73. The van der Waals surface area contributed by atoms with Gasteiger partial charge in [0.25, 0.3) is 0 Å². The fraction of sp³-hybridized carbons (Fsp3) is 0.133. The lowest BCUT2D eigenvalue weighted by Crippen LogP contribution is -2.03. The van der Waals surface area contributed by atoms with Gasteiger partial charge in [0.15, 0.2) is 0 Å². The summed E-state index contributed by atoms with van der Waals surface area (Å²) in [5.41, 5.74) is 11.0. The number of fused-ring (bicyclic) bond motifs is 1. The summed E-state index contributed by atoms with van der Waals surface area (Å²) in [5.74, 6) is -0.00913. The Morgan fingerprint density at radius 1 is 1.25 bits per heavy atom. The second-order valence-electron chi connectivity index (χ2n) is 4.93. The van der Waals surface area contributed by atoms with Crippen LogP contribution in [-0.4, -0.2) is 5.91 Å². The molecule has 1 aliphatic heterocycles. The average molecular weight is 288 g/mol. The Labute approximate surface area is 121 Å². The van der Waals surface area contributed by atoms with E-state index in [-0.39, 0.29) is 5.91 Å². The molecule has 2 aromatic rings. The van der Waals surface area contributed by atoms with Crippen molar-refractivity contribution >= 4 is 40.3 Å². The van der Waals surface area contributed by atoms with Gasteiger partial charge in [0.2, 0.25) is 5.91 Å². The van der Waals surface area contributed by atoms with E-state index in [1.807, 2.05) is 37.3 Å². The molecule has 1 amide bonds. The van der Waals surface area contributed by atoms with E-state index >= 15 is 0 Å². The summed E-state index contributed by atoms with van der Waals surface area (Å²) < 4.78 is 0. The van der Waals surface area contributed by atoms with Crippen molar-refractivity contribution < 1.29 is 4.79 Å². The van der Waals surface area contributed by atoms with E-state index in [1.54, 1.807) is 0 Å². The van der Waals surface area contributed by atoms with Crippen LogP contribution in [0.5, 0.6) is 0 Å². The van der Waals surface area contributed by atoms with Gasteiger partial charge < -0.3 is 16.4 Å². The number of nitrogens with one attached hydrogen (secondary N) is 2. The Balaban J connectivity index is 1.97. The molecule has 4 N–H and O–H groups in total. The van der Waals surface area contributed by atoms with Gasteiger partial charge in [-0.3, -0.25) is 4.79 Å². The van der Waals surface area contributed by atoms with Crippen molar-refractivity contribution in [3.8, 4) is 0 Å². The maximum absolute atomic E-state index is 11.4. The van der Waals surface area contributed by atoms with Crippen LogP contribution in [0.1, 0.15) is 11.1 Å². The van der Waals surface area contributed by atoms with Crippen LogP contribution in [0, 0.1) is 6.92 Å². The van der Waals surface area contributed by atoms with Gasteiger partial charge in [0.1, 0.15) is 0 Å². The number of carbonyl (C=O) groups excluding carboxylic acids is 1. The number of benzene rings is 2. The number of carbonyl (C=O) groups is 1. The van der Waals surface area contributed by atoms with Crippen LogP contribution in [-0.2, 0) is 11.2 Å². The van der Waals surface area contributed by atoms with Crippen molar-refractivity contribution in [1.82, 2.24) is 0 Å². The molecule has 4 nitrogen and oxygen atoms in total. The second kappa shape index (κ2) is 4.72. The van der Waals surface area contributed by atoms with E-state index in [4.69, 9.17) is 17.3 Å². The number of hydrogen-bond donors (Lipinski definition) is 3. The molecule has 0 radical (unpaired) electrons. The molecular formula is C15H14ClN3O. The maximum Gasteiger partial charge on any atom is 0.228 e. The van der Waals surface area contributed by atoms with Crippen molar-refractivity contribution in [3.63, 3.8) is 0 Å². The van der Waals surface area contributed by atoms with Crippen LogP contribution < -0.4 is 16.4 Å². The summed E-state index contributed by atoms with van der Waals surface area (Å²) in [5, 5.41) is 6.65. The number of anilines is 4. The number of rotatable bonds is 2. The van der Waals surface area contributed by atoms with E-state index in [1.165, 1.54) is 0 Å². The molecule has 102 valence electrons. The zero-order valence-electron chi connectivity index (χ0n) is 11.0. The highest BCUT2D eigenvalue weighted by Gasteiger charge is 2.19. The summed E-state index contributed by atoms with van der Waals surface area (Å²) in [7, 11) is 0. The Bertz CT molecular complexity index is 713. The zero-order valence-corrected chi connectivity index (χ0v) is 11.7. The highest BCUT2D eigenvalue weighted by molar-refractivity contribution is 6.33. The minimum absolute atomic E-state index is 0.00913. The summed E-state index contributed by atoms with van der Waals surface area (Å²) in [6, 6.07) is 9.39. The van der Waals surface area contributed by atoms with Gasteiger partial charge in [-0.2, -0.15) is 0 Å². The molecule has 0 saturated heterocycles. The van der Waals surface area contributed by atoms with Gasteiger partial charge in [-0.05, 0) is 42.3 Å². The lowest BCUT2D eigenvalue weighted by molar-refractivity contribution is -0.115. The van der Waals surface area contributed by atoms with Crippen LogP contribution in [0.25, 0.3) is 0 Å². The molecular weight excluding hydrogens is 274 g/mol. The van der Waals surface area contributed by atoms with E-state index in [9.17, 15) is 4.79 Å². The van der Waals surface area contributed by atoms with Crippen LogP contribution in [0.15, 0.2) is 30.3 Å². The van der Waals surface area contributed by atoms with Gasteiger partial charge in [0.05, 0.1) is 28.5 Å². The van der Waals surface area contributed by atoms with Crippen molar-refractivity contribution in [1.29, 1.82) is 0 Å². The molecule has 0 aliphatic carbocycles. The minimum Gasteiger partial charge on any atom is -0.397 e. The SMILES string of the molecule is Cc1ccc(Cl)c(Nc2cc3c(cc2N)CC(=O)N3)c1. The standard InChI is InChI=1S/C15H14ClN3O/c1-8-2-3-10(16)13(4-8)18-14-7-12-9(5-11(14)17)6-15(20)19-12/h2-5,7,18H,6,17H2,1H3,(H,19,20). The lowest BCUT2D eigenvalue weighted by Gasteiger charge is -2.13. The quantitative estimate of drug-likeness (QED) is 0.741. The van der Waals surface area contributed by atoms with E-state index in [2.05, 4.69) is 10.6 Å². The highest BCUT2D eigenvalue weighted by atomic mass is 35.5. The number of halogens is 1. The lowest BCUT2D eigenvalue weighted by atomic mass is 10.1. The Hall–Kier alpha value is -2.20. The number of nitrogens with two attached hydrogens (primary N) is 1. The molecule has 0 saturated carbocycles. The Morgan fingerprint density at radius 3 is 2.85 bits per heavy atom. The summed E-state index contributed by atoms with van der Waals surface area (Å²) >= 11 is 6.17.